The number of ketones is 2. The predicted molar refractivity (Wildman–Crippen MR) is 50.2 cm³/mol. The topological polar surface area (TPSA) is 137 Å². The molecule has 0 rings (SSSR count). The van der Waals surface area contributed by atoms with Crippen LogP contribution >= 0.6 is 0 Å². The van der Waals surface area contributed by atoms with E-state index in [4.69, 9.17) is 0 Å². The zero-order chi connectivity index (χ0) is 11.7. The zero-order valence-electron chi connectivity index (χ0n) is 10.0. The number of carbonyl (C=O) groups is 2. The van der Waals surface area contributed by atoms with Gasteiger partial charge in [-0.2, -0.15) is 0 Å². The van der Waals surface area contributed by atoms with Crippen LogP contribution in [0.5, 0.6) is 0 Å². The minimum absolute atomic E-state index is 0. The summed E-state index contributed by atoms with van der Waals surface area (Å²) in [5.41, 5.74) is 0. The summed E-state index contributed by atoms with van der Waals surface area (Å²) in [4.78, 5) is 20.0. The van der Waals surface area contributed by atoms with Crippen LogP contribution in [0.15, 0.2) is 23.7 Å². The van der Waals surface area contributed by atoms with Crippen LogP contribution in [0.2, 0.25) is 0 Å². The molecule has 0 spiro atoms. The van der Waals surface area contributed by atoms with Gasteiger partial charge in [0.15, 0.2) is 11.6 Å². The predicted octanol–water partition coefficient (Wildman–Crippen LogP) is -0.561. The van der Waals surface area contributed by atoms with Gasteiger partial charge in [0.05, 0.1) is 0 Å². The van der Waals surface area contributed by atoms with Gasteiger partial charge in [-0.3, -0.25) is 9.59 Å². The SMILES string of the molecule is CC(=O)/C=C(/C)[O-].CC(=O)/C=C(/C)[O-].[Mo].[O-2].[O-2]. The molecule has 0 aromatic carbocycles. The third-order valence-electron chi connectivity index (χ3n) is 0.813. The van der Waals surface area contributed by atoms with E-state index >= 15 is 0 Å². The van der Waals surface area contributed by atoms with Crippen molar-refractivity contribution in [3.05, 3.63) is 23.7 Å². The van der Waals surface area contributed by atoms with Crippen LogP contribution in [-0.4, -0.2) is 11.6 Å². The number of hydrogen-bond acceptors (Lipinski definition) is 4. The molecule has 0 aromatic heterocycles. The Labute approximate surface area is 115 Å². The van der Waals surface area contributed by atoms with Crippen LogP contribution in [0.25, 0.3) is 0 Å². The quantitative estimate of drug-likeness (QED) is 0.381. The first-order chi connectivity index (χ1) is 6.25. The van der Waals surface area contributed by atoms with Gasteiger partial charge in [0, 0.05) is 21.1 Å². The minimum atomic E-state index is -0.187. The number of rotatable bonds is 2. The third kappa shape index (κ3) is 51.6. The van der Waals surface area contributed by atoms with Crippen LogP contribution < -0.4 is 10.2 Å². The number of carbonyl (C=O) groups excluding carboxylic acids is 2. The molecule has 0 N–H and O–H groups in total. The van der Waals surface area contributed by atoms with Crippen molar-refractivity contribution < 1.29 is 51.8 Å². The minimum Gasteiger partial charge on any atom is -2.00 e. The molecule has 102 valence electrons. The first-order valence-electron chi connectivity index (χ1n) is 3.97. The Morgan fingerprint density at radius 1 is 0.765 bits per heavy atom. The summed E-state index contributed by atoms with van der Waals surface area (Å²) in [6.07, 6.45) is 2.11. The van der Waals surface area contributed by atoms with Crippen molar-refractivity contribution in [1.29, 1.82) is 0 Å². The third-order valence-corrected chi connectivity index (χ3v) is 0.813. The van der Waals surface area contributed by atoms with E-state index in [0.29, 0.717) is 0 Å². The molecule has 0 saturated carbocycles. The number of hydrogen-bond donors (Lipinski definition) is 0. The molecule has 0 aliphatic rings. The fraction of sp³-hybridized carbons (Fsp3) is 0.400. The molecule has 0 unspecified atom stereocenters. The molecule has 0 radical (unpaired) electrons. The van der Waals surface area contributed by atoms with Crippen LogP contribution in [0.3, 0.4) is 0 Å². The van der Waals surface area contributed by atoms with Crippen molar-refractivity contribution >= 4 is 11.6 Å². The van der Waals surface area contributed by atoms with Gasteiger partial charge in [0.1, 0.15) is 0 Å². The maximum absolute atomic E-state index is 9.98. The van der Waals surface area contributed by atoms with Gasteiger partial charge in [0.25, 0.3) is 0 Å². The van der Waals surface area contributed by atoms with Crippen LogP contribution in [0.1, 0.15) is 27.7 Å². The molecular formula is C10H14MoO6-6. The van der Waals surface area contributed by atoms with Crippen LogP contribution in [0, 0.1) is 0 Å². The molecule has 0 heterocycles. The van der Waals surface area contributed by atoms with E-state index in [1.165, 1.54) is 27.7 Å². The van der Waals surface area contributed by atoms with Crippen molar-refractivity contribution in [2.45, 2.75) is 27.7 Å². The van der Waals surface area contributed by atoms with Gasteiger partial charge >= 0.3 is 0 Å². The Hall–Kier alpha value is -0.972. The second kappa shape index (κ2) is 17.4. The largest absolute Gasteiger partial charge is 2.00 e. The molecular weight excluding hydrogens is 312 g/mol. The molecule has 0 aliphatic heterocycles. The fourth-order valence-corrected chi connectivity index (χ4v) is 0.572. The fourth-order valence-electron chi connectivity index (χ4n) is 0.572. The van der Waals surface area contributed by atoms with Crippen LogP contribution in [0.4, 0.5) is 0 Å². The van der Waals surface area contributed by atoms with Crippen molar-refractivity contribution in [3.8, 4) is 0 Å². The first kappa shape index (κ1) is 29.8. The van der Waals surface area contributed by atoms with E-state index in [1.807, 2.05) is 0 Å². The second-order valence-electron chi connectivity index (χ2n) is 2.73. The van der Waals surface area contributed by atoms with Gasteiger partial charge in [-0.1, -0.05) is 13.8 Å². The molecule has 0 bridgehead atoms. The van der Waals surface area contributed by atoms with Gasteiger partial charge in [-0.05, 0) is 26.0 Å². The molecule has 0 aliphatic carbocycles. The second-order valence-corrected chi connectivity index (χ2v) is 2.73. The Morgan fingerprint density at radius 3 is 0.941 bits per heavy atom. The normalized spacial score (nSPS) is 9.41. The summed E-state index contributed by atoms with van der Waals surface area (Å²) in [5, 5.41) is 20.0. The molecule has 6 nitrogen and oxygen atoms in total. The summed E-state index contributed by atoms with van der Waals surface area (Å²) in [6.45, 7) is 5.39. The molecule has 0 saturated heterocycles. The van der Waals surface area contributed by atoms with E-state index in [2.05, 4.69) is 0 Å². The zero-order valence-corrected chi connectivity index (χ0v) is 12.0. The molecule has 0 aromatic rings. The van der Waals surface area contributed by atoms with E-state index in [1.54, 1.807) is 0 Å². The van der Waals surface area contributed by atoms with Gasteiger partial charge < -0.3 is 21.2 Å². The van der Waals surface area contributed by atoms with Crippen molar-refractivity contribution in [3.63, 3.8) is 0 Å². The van der Waals surface area contributed by atoms with Crippen molar-refractivity contribution in [1.82, 2.24) is 0 Å². The maximum atomic E-state index is 9.98. The van der Waals surface area contributed by atoms with E-state index in [0.717, 1.165) is 12.2 Å². The van der Waals surface area contributed by atoms with Gasteiger partial charge in [-0.25, -0.2) is 0 Å². The molecule has 0 fully saturated rings. The average Bonchev–Trinajstić information content (AvgIpc) is 1.79. The summed E-state index contributed by atoms with van der Waals surface area (Å²) in [7, 11) is 0. The van der Waals surface area contributed by atoms with Crippen molar-refractivity contribution in [2.24, 2.45) is 0 Å². The molecule has 7 heteroatoms. The van der Waals surface area contributed by atoms with E-state index in [9.17, 15) is 19.8 Å². The standard InChI is InChI=1S/2C5H8O2.Mo.2O/c2*1-4(6)3-5(2)7;;;/h2*3,6H,1-2H3;;;/q;;;2*-2/p-2/b2*4-3-;;;. The maximum Gasteiger partial charge on any atom is 0.151 e. The number of allylic oxidation sites excluding steroid dienone is 4. The Bertz CT molecular complexity index is 234. The van der Waals surface area contributed by atoms with E-state index in [-0.39, 0.29) is 55.1 Å². The van der Waals surface area contributed by atoms with E-state index < -0.39 is 0 Å². The molecule has 0 amide bonds. The summed E-state index contributed by atoms with van der Waals surface area (Å²) < 4.78 is 0. The Kier molecular flexibility index (Phi) is 30.5. The monoisotopic (exact) mass is 328 g/mol. The smallest absolute Gasteiger partial charge is 0.151 e. The Morgan fingerprint density at radius 2 is 0.941 bits per heavy atom. The van der Waals surface area contributed by atoms with Gasteiger partial charge in [-0.15, -0.1) is 11.5 Å². The first-order valence-corrected chi connectivity index (χ1v) is 3.97. The summed E-state index contributed by atoms with van der Waals surface area (Å²) in [6, 6.07) is 0. The van der Waals surface area contributed by atoms with Crippen molar-refractivity contribution in [2.75, 3.05) is 0 Å². The molecule has 17 heavy (non-hydrogen) atoms. The van der Waals surface area contributed by atoms with Crippen LogP contribution in [-0.2, 0) is 41.6 Å². The van der Waals surface area contributed by atoms with Gasteiger partial charge in [0.2, 0.25) is 0 Å². The average molecular weight is 326 g/mol. The molecule has 0 atom stereocenters. The Balaban J connectivity index is -0.0000000480. The summed E-state index contributed by atoms with van der Waals surface area (Å²) >= 11 is 0. The summed E-state index contributed by atoms with van der Waals surface area (Å²) in [5.74, 6) is -0.750.